The molecular formula is C22H19BrN2O2. The number of ether oxygens (including phenoxy) is 1. The number of amides is 1. The first kappa shape index (κ1) is 18.9. The van der Waals surface area contributed by atoms with Gasteiger partial charge in [0.1, 0.15) is 12.4 Å². The Hall–Kier alpha value is -2.92. The minimum absolute atomic E-state index is 0.144. The molecule has 0 radical (unpaired) electrons. The summed E-state index contributed by atoms with van der Waals surface area (Å²) in [6.45, 7) is 0.842. The minimum atomic E-state index is -0.144. The number of hydrogen-bond donors (Lipinski definition) is 1. The van der Waals surface area contributed by atoms with Gasteiger partial charge in [-0.25, -0.2) is 0 Å². The summed E-state index contributed by atoms with van der Waals surface area (Å²) in [6.07, 6.45) is 5.06. The van der Waals surface area contributed by atoms with Crippen LogP contribution in [0.3, 0.4) is 0 Å². The van der Waals surface area contributed by atoms with Crippen molar-refractivity contribution < 1.29 is 9.53 Å². The van der Waals surface area contributed by atoms with E-state index in [-0.39, 0.29) is 5.91 Å². The maximum atomic E-state index is 12.0. The van der Waals surface area contributed by atoms with Gasteiger partial charge in [0.15, 0.2) is 0 Å². The van der Waals surface area contributed by atoms with Gasteiger partial charge in [-0.3, -0.25) is 9.78 Å². The third-order valence-corrected chi connectivity index (χ3v) is 4.25. The lowest BCUT2D eigenvalue weighted by atomic mass is 10.2. The Morgan fingerprint density at radius 3 is 2.78 bits per heavy atom. The SMILES string of the molecule is O=C(/C=C/c1cccc(Br)c1)NCc1cccc(OCc2ccccn2)c1. The fourth-order valence-corrected chi connectivity index (χ4v) is 2.83. The Kier molecular flexibility index (Phi) is 6.77. The normalized spacial score (nSPS) is 10.7. The van der Waals surface area contributed by atoms with E-state index in [4.69, 9.17) is 4.74 Å². The van der Waals surface area contributed by atoms with Gasteiger partial charge in [-0.1, -0.05) is 46.3 Å². The van der Waals surface area contributed by atoms with Crippen LogP contribution in [-0.2, 0) is 17.9 Å². The second kappa shape index (κ2) is 9.69. The van der Waals surface area contributed by atoms with E-state index in [2.05, 4.69) is 26.2 Å². The summed E-state index contributed by atoms with van der Waals surface area (Å²) in [5, 5.41) is 2.88. The quantitative estimate of drug-likeness (QED) is 0.558. The first-order valence-corrected chi connectivity index (χ1v) is 9.31. The standard InChI is InChI=1S/C22H19BrN2O2/c23-19-7-3-5-17(13-19)10-11-22(26)25-15-18-6-4-9-21(14-18)27-16-20-8-1-2-12-24-20/h1-14H,15-16H2,(H,25,26)/b11-10+. The molecule has 0 aliphatic heterocycles. The predicted octanol–water partition coefficient (Wildman–Crippen LogP) is 4.75. The second-order valence-corrected chi connectivity index (χ2v) is 6.78. The van der Waals surface area contributed by atoms with Crippen molar-refractivity contribution in [3.63, 3.8) is 0 Å². The smallest absolute Gasteiger partial charge is 0.244 e. The van der Waals surface area contributed by atoms with E-state index < -0.39 is 0 Å². The molecule has 4 nitrogen and oxygen atoms in total. The van der Waals surface area contributed by atoms with Gasteiger partial charge in [0.05, 0.1) is 5.69 Å². The molecule has 0 spiro atoms. The second-order valence-electron chi connectivity index (χ2n) is 5.86. The van der Waals surface area contributed by atoms with Crippen LogP contribution in [0.4, 0.5) is 0 Å². The molecule has 136 valence electrons. The Morgan fingerprint density at radius 2 is 1.96 bits per heavy atom. The zero-order valence-corrected chi connectivity index (χ0v) is 16.2. The van der Waals surface area contributed by atoms with Crippen molar-refractivity contribution in [2.75, 3.05) is 0 Å². The summed E-state index contributed by atoms with van der Waals surface area (Å²) in [5.74, 6) is 0.604. The van der Waals surface area contributed by atoms with Gasteiger partial charge in [0.2, 0.25) is 5.91 Å². The third kappa shape index (κ3) is 6.38. The maximum absolute atomic E-state index is 12.0. The van der Waals surface area contributed by atoms with Crippen molar-refractivity contribution >= 4 is 27.9 Å². The molecule has 0 aliphatic rings. The van der Waals surface area contributed by atoms with Crippen molar-refractivity contribution in [3.05, 3.63) is 100 Å². The highest BCUT2D eigenvalue weighted by molar-refractivity contribution is 9.10. The van der Waals surface area contributed by atoms with Crippen LogP contribution in [0.1, 0.15) is 16.8 Å². The molecule has 2 aromatic carbocycles. The van der Waals surface area contributed by atoms with Crippen molar-refractivity contribution in [2.24, 2.45) is 0 Å². The van der Waals surface area contributed by atoms with Crippen LogP contribution in [0.15, 0.2) is 83.5 Å². The van der Waals surface area contributed by atoms with Crippen LogP contribution >= 0.6 is 15.9 Å². The number of aromatic nitrogens is 1. The minimum Gasteiger partial charge on any atom is -0.487 e. The molecular weight excluding hydrogens is 404 g/mol. The highest BCUT2D eigenvalue weighted by Crippen LogP contribution is 2.15. The van der Waals surface area contributed by atoms with E-state index in [1.54, 1.807) is 12.3 Å². The number of carbonyl (C=O) groups excluding carboxylic acids is 1. The number of pyridine rings is 1. The van der Waals surface area contributed by atoms with E-state index in [9.17, 15) is 4.79 Å². The molecule has 0 atom stereocenters. The zero-order chi connectivity index (χ0) is 18.9. The average molecular weight is 423 g/mol. The molecule has 1 heterocycles. The number of carbonyl (C=O) groups is 1. The summed E-state index contributed by atoms with van der Waals surface area (Å²) in [6, 6.07) is 21.2. The third-order valence-electron chi connectivity index (χ3n) is 3.75. The Bertz CT molecular complexity index is 926. The monoisotopic (exact) mass is 422 g/mol. The average Bonchev–Trinajstić information content (AvgIpc) is 2.70. The Labute approximate surface area is 167 Å². The van der Waals surface area contributed by atoms with Gasteiger partial charge in [-0.2, -0.15) is 0 Å². The molecule has 0 saturated heterocycles. The summed E-state index contributed by atoms with van der Waals surface area (Å²) in [5.41, 5.74) is 2.80. The molecule has 3 rings (SSSR count). The first-order valence-electron chi connectivity index (χ1n) is 8.52. The maximum Gasteiger partial charge on any atom is 0.244 e. The predicted molar refractivity (Wildman–Crippen MR) is 110 cm³/mol. The fraction of sp³-hybridized carbons (Fsp3) is 0.0909. The lowest BCUT2D eigenvalue weighted by Crippen LogP contribution is -2.20. The van der Waals surface area contributed by atoms with E-state index in [0.29, 0.717) is 13.2 Å². The van der Waals surface area contributed by atoms with Gasteiger partial charge in [-0.15, -0.1) is 0 Å². The summed E-state index contributed by atoms with van der Waals surface area (Å²) in [7, 11) is 0. The largest absolute Gasteiger partial charge is 0.487 e. The van der Waals surface area contributed by atoms with Crippen LogP contribution in [0.2, 0.25) is 0 Å². The molecule has 0 bridgehead atoms. The summed E-state index contributed by atoms with van der Waals surface area (Å²) in [4.78, 5) is 16.3. The summed E-state index contributed by atoms with van der Waals surface area (Å²) >= 11 is 3.41. The van der Waals surface area contributed by atoms with Crippen LogP contribution in [0.5, 0.6) is 5.75 Å². The molecule has 27 heavy (non-hydrogen) atoms. The molecule has 5 heteroatoms. The molecule has 0 fully saturated rings. The lowest BCUT2D eigenvalue weighted by molar-refractivity contribution is -0.116. The topological polar surface area (TPSA) is 51.2 Å². The van der Waals surface area contributed by atoms with Gasteiger partial charge in [0.25, 0.3) is 0 Å². The fourth-order valence-electron chi connectivity index (χ4n) is 2.42. The van der Waals surface area contributed by atoms with Gasteiger partial charge in [0, 0.05) is 23.3 Å². The van der Waals surface area contributed by atoms with Gasteiger partial charge >= 0.3 is 0 Å². The Morgan fingerprint density at radius 1 is 1.07 bits per heavy atom. The highest BCUT2D eigenvalue weighted by Gasteiger charge is 2.01. The number of halogens is 1. The molecule has 0 aliphatic carbocycles. The van der Waals surface area contributed by atoms with Gasteiger partial charge < -0.3 is 10.1 Å². The first-order chi connectivity index (χ1) is 13.2. The lowest BCUT2D eigenvalue weighted by Gasteiger charge is -2.08. The van der Waals surface area contributed by atoms with E-state index in [1.807, 2.05) is 66.7 Å². The molecule has 0 unspecified atom stereocenters. The van der Waals surface area contributed by atoms with Crippen molar-refractivity contribution in [2.45, 2.75) is 13.2 Å². The zero-order valence-electron chi connectivity index (χ0n) is 14.6. The van der Waals surface area contributed by atoms with Crippen LogP contribution < -0.4 is 10.1 Å². The van der Waals surface area contributed by atoms with Crippen LogP contribution in [0.25, 0.3) is 6.08 Å². The number of benzene rings is 2. The molecule has 1 N–H and O–H groups in total. The van der Waals surface area contributed by atoms with Crippen LogP contribution in [0, 0.1) is 0 Å². The van der Waals surface area contributed by atoms with Crippen LogP contribution in [-0.4, -0.2) is 10.9 Å². The number of rotatable bonds is 7. The van der Waals surface area contributed by atoms with E-state index in [0.717, 1.165) is 27.0 Å². The Balaban J connectivity index is 1.51. The number of hydrogen-bond acceptors (Lipinski definition) is 3. The molecule has 1 amide bonds. The van der Waals surface area contributed by atoms with Gasteiger partial charge in [-0.05, 0) is 53.6 Å². The highest BCUT2D eigenvalue weighted by atomic mass is 79.9. The summed E-state index contributed by atoms with van der Waals surface area (Å²) < 4.78 is 6.74. The van der Waals surface area contributed by atoms with Crippen molar-refractivity contribution in [3.8, 4) is 5.75 Å². The van der Waals surface area contributed by atoms with Crippen molar-refractivity contribution in [1.82, 2.24) is 10.3 Å². The number of nitrogens with one attached hydrogen (secondary N) is 1. The number of nitrogens with zero attached hydrogens (tertiary/aromatic N) is 1. The molecule has 0 saturated carbocycles. The molecule has 3 aromatic rings. The van der Waals surface area contributed by atoms with E-state index in [1.165, 1.54) is 6.08 Å². The van der Waals surface area contributed by atoms with Crippen molar-refractivity contribution in [1.29, 1.82) is 0 Å². The molecule has 1 aromatic heterocycles. The van der Waals surface area contributed by atoms with E-state index >= 15 is 0 Å².